The maximum atomic E-state index is 13.4. The molecule has 3 aromatic heterocycles. The van der Waals surface area contributed by atoms with Gasteiger partial charge in [-0.25, -0.2) is 18.9 Å². The van der Waals surface area contributed by atoms with Crippen LogP contribution >= 0.6 is 11.8 Å². The third-order valence-electron chi connectivity index (χ3n) is 4.83. The molecule has 0 aliphatic carbocycles. The Labute approximate surface area is 195 Å². The van der Waals surface area contributed by atoms with E-state index >= 15 is 0 Å². The highest BCUT2D eigenvalue weighted by atomic mass is 32.2. The van der Waals surface area contributed by atoms with Crippen molar-refractivity contribution >= 4 is 34.8 Å². The number of aromatic nitrogens is 4. The SMILES string of the molecule is CCSc1nn2c(-c3ccc(F)cc3)ccnc2c1C(=O)Nc1cc(C(F)(F)F)cnc1NC. The zero-order valence-electron chi connectivity index (χ0n) is 17.9. The van der Waals surface area contributed by atoms with Gasteiger partial charge in [-0.15, -0.1) is 11.8 Å². The molecule has 7 nitrogen and oxygen atoms in total. The summed E-state index contributed by atoms with van der Waals surface area (Å²) >= 11 is 1.29. The molecule has 0 saturated carbocycles. The van der Waals surface area contributed by atoms with Crippen LogP contribution < -0.4 is 10.6 Å². The summed E-state index contributed by atoms with van der Waals surface area (Å²) in [6.07, 6.45) is -2.46. The number of thioether (sulfide) groups is 1. The van der Waals surface area contributed by atoms with E-state index in [2.05, 4.69) is 25.7 Å². The smallest absolute Gasteiger partial charge is 0.371 e. The van der Waals surface area contributed by atoms with E-state index < -0.39 is 23.5 Å². The molecule has 2 N–H and O–H groups in total. The molecule has 0 bridgehead atoms. The highest BCUT2D eigenvalue weighted by molar-refractivity contribution is 7.99. The topological polar surface area (TPSA) is 84.2 Å². The van der Waals surface area contributed by atoms with E-state index in [0.717, 1.165) is 6.07 Å². The first-order chi connectivity index (χ1) is 16.2. The first-order valence-corrected chi connectivity index (χ1v) is 11.0. The third-order valence-corrected chi connectivity index (χ3v) is 5.68. The predicted octanol–water partition coefficient (Wildman–Crippen LogP) is 5.36. The van der Waals surface area contributed by atoms with Gasteiger partial charge in [-0.3, -0.25) is 4.79 Å². The maximum Gasteiger partial charge on any atom is 0.417 e. The zero-order chi connectivity index (χ0) is 24.5. The molecule has 1 amide bonds. The van der Waals surface area contributed by atoms with Gasteiger partial charge in [0.25, 0.3) is 5.91 Å². The van der Waals surface area contributed by atoms with Crippen molar-refractivity contribution in [1.29, 1.82) is 0 Å². The van der Waals surface area contributed by atoms with E-state index in [1.165, 1.54) is 41.7 Å². The highest BCUT2D eigenvalue weighted by Crippen LogP contribution is 2.34. The van der Waals surface area contributed by atoms with Gasteiger partial charge in [0.05, 0.1) is 16.9 Å². The van der Waals surface area contributed by atoms with E-state index in [1.54, 1.807) is 18.2 Å². The largest absolute Gasteiger partial charge is 0.417 e. The van der Waals surface area contributed by atoms with Gasteiger partial charge in [-0.2, -0.15) is 18.3 Å². The number of hydrogen-bond donors (Lipinski definition) is 2. The van der Waals surface area contributed by atoms with Crippen molar-refractivity contribution in [1.82, 2.24) is 19.6 Å². The number of nitrogens with one attached hydrogen (secondary N) is 2. The summed E-state index contributed by atoms with van der Waals surface area (Å²) in [6, 6.07) is 8.25. The molecule has 0 saturated heterocycles. The Bertz CT molecular complexity index is 1350. The number of pyridine rings is 1. The molecule has 1 aromatic carbocycles. The Balaban J connectivity index is 1.81. The molecule has 176 valence electrons. The van der Waals surface area contributed by atoms with Crippen LogP contribution in [-0.2, 0) is 6.18 Å². The van der Waals surface area contributed by atoms with Crippen LogP contribution in [0.15, 0.2) is 53.8 Å². The standard InChI is InChI=1S/C22H18F4N6OS/c1-3-34-21-17(20(33)30-15-10-13(22(24,25)26)11-29-18(15)27-2)19-28-9-8-16(32(19)31-21)12-4-6-14(23)7-5-12/h4-11H,3H2,1-2H3,(H,27,29)(H,30,33). The molecule has 0 spiro atoms. The molecular formula is C22H18F4N6OS. The minimum absolute atomic E-state index is 0.0717. The Hall–Kier alpha value is -3.67. The van der Waals surface area contributed by atoms with Crippen LogP contribution in [0.25, 0.3) is 16.9 Å². The molecule has 4 rings (SSSR count). The fourth-order valence-electron chi connectivity index (χ4n) is 3.30. The number of benzene rings is 1. The fourth-order valence-corrected chi connectivity index (χ4v) is 4.04. The first kappa shape index (κ1) is 23.5. The molecule has 34 heavy (non-hydrogen) atoms. The van der Waals surface area contributed by atoms with Gasteiger partial charge in [-0.1, -0.05) is 6.92 Å². The van der Waals surface area contributed by atoms with Crippen molar-refractivity contribution in [2.75, 3.05) is 23.4 Å². The second kappa shape index (κ2) is 9.29. The van der Waals surface area contributed by atoms with Crippen molar-refractivity contribution in [3.63, 3.8) is 0 Å². The average Bonchev–Trinajstić information content (AvgIpc) is 3.17. The number of alkyl halides is 3. The lowest BCUT2D eigenvalue weighted by Crippen LogP contribution is -2.16. The Kier molecular flexibility index (Phi) is 6.42. The van der Waals surface area contributed by atoms with E-state index in [-0.39, 0.29) is 22.7 Å². The van der Waals surface area contributed by atoms with Gasteiger partial charge in [0.1, 0.15) is 22.2 Å². The van der Waals surface area contributed by atoms with Crippen LogP contribution in [-0.4, -0.2) is 38.3 Å². The van der Waals surface area contributed by atoms with Gasteiger partial charge in [0, 0.05) is 25.0 Å². The number of nitrogens with zero attached hydrogens (tertiary/aromatic N) is 4. The molecule has 0 atom stereocenters. The van der Waals surface area contributed by atoms with Crippen molar-refractivity contribution in [3.05, 3.63) is 65.7 Å². The summed E-state index contributed by atoms with van der Waals surface area (Å²) in [5.41, 5.74) is 0.399. The van der Waals surface area contributed by atoms with Crippen LogP contribution in [0.3, 0.4) is 0 Å². The Morgan fingerprint density at radius 3 is 2.53 bits per heavy atom. The summed E-state index contributed by atoms with van der Waals surface area (Å²) in [7, 11) is 1.48. The molecule has 0 radical (unpaired) electrons. The molecule has 3 heterocycles. The van der Waals surface area contributed by atoms with Crippen molar-refractivity contribution in [2.24, 2.45) is 0 Å². The number of halogens is 4. The molecule has 0 aliphatic rings. The van der Waals surface area contributed by atoms with E-state index in [4.69, 9.17) is 0 Å². The number of carbonyl (C=O) groups is 1. The normalized spacial score (nSPS) is 11.6. The van der Waals surface area contributed by atoms with Crippen LogP contribution in [0.2, 0.25) is 0 Å². The quantitative estimate of drug-likeness (QED) is 0.280. The number of hydrogen-bond acceptors (Lipinski definition) is 6. The van der Waals surface area contributed by atoms with E-state index in [0.29, 0.717) is 28.2 Å². The zero-order valence-corrected chi connectivity index (χ0v) is 18.8. The number of fused-ring (bicyclic) bond motifs is 1. The number of anilines is 2. The molecule has 0 aliphatic heterocycles. The summed E-state index contributed by atoms with van der Waals surface area (Å²) < 4.78 is 54.4. The Morgan fingerprint density at radius 1 is 1.15 bits per heavy atom. The maximum absolute atomic E-state index is 13.4. The van der Waals surface area contributed by atoms with Crippen LogP contribution in [0.1, 0.15) is 22.8 Å². The average molecular weight is 490 g/mol. The second-order valence-corrected chi connectivity index (χ2v) is 8.26. The van der Waals surface area contributed by atoms with Gasteiger partial charge in [0.2, 0.25) is 0 Å². The minimum atomic E-state index is -4.63. The van der Waals surface area contributed by atoms with Crippen LogP contribution in [0, 0.1) is 5.82 Å². The molecule has 12 heteroatoms. The molecular weight excluding hydrogens is 472 g/mol. The van der Waals surface area contributed by atoms with Crippen molar-refractivity contribution in [2.45, 2.75) is 18.1 Å². The van der Waals surface area contributed by atoms with Crippen LogP contribution in [0.4, 0.5) is 29.1 Å². The first-order valence-electron chi connectivity index (χ1n) is 10.1. The van der Waals surface area contributed by atoms with Crippen molar-refractivity contribution < 1.29 is 22.4 Å². The number of carbonyl (C=O) groups excluding carboxylic acids is 1. The van der Waals surface area contributed by atoms with Gasteiger partial charge >= 0.3 is 6.18 Å². The summed E-state index contributed by atoms with van der Waals surface area (Å²) in [5, 5.41) is 10.1. The lowest BCUT2D eigenvalue weighted by Gasteiger charge is -2.13. The van der Waals surface area contributed by atoms with Crippen molar-refractivity contribution in [3.8, 4) is 11.3 Å². The highest BCUT2D eigenvalue weighted by Gasteiger charge is 2.32. The summed E-state index contributed by atoms with van der Waals surface area (Å²) in [5.74, 6) is -0.426. The summed E-state index contributed by atoms with van der Waals surface area (Å²) in [6.45, 7) is 1.88. The summed E-state index contributed by atoms with van der Waals surface area (Å²) in [4.78, 5) is 21.4. The molecule has 4 aromatic rings. The molecule has 0 unspecified atom stereocenters. The fraction of sp³-hybridized carbons (Fsp3) is 0.182. The third kappa shape index (κ3) is 4.53. The minimum Gasteiger partial charge on any atom is -0.371 e. The van der Waals surface area contributed by atoms with E-state index in [1.807, 2.05) is 6.92 Å². The lowest BCUT2D eigenvalue weighted by atomic mass is 10.1. The number of amides is 1. The monoisotopic (exact) mass is 490 g/mol. The number of rotatable bonds is 6. The lowest BCUT2D eigenvalue weighted by molar-refractivity contribution is -0.137. The second-order valence-electron chi connectivity index (χ2n) is 7.01. The Morgan fingerprint density at radius 2 is 1.88 bits per heavy atom. The van der Waals surface area contributed by atoms with Gasteiger partial charge in [0.15, 0.2) is 5.65 Å². The van der Waals surface area contributed by atoms with Gasteiger partial charge < -0.3 is 10.6 Å². The van der Waals surface area contributed by atoms with E-state index in [9.17, 15) is 22.4 Å². The van der Waals surface area contributed by atoms with Gasteiger partial charge in [-0.05, 0) is 42.2 Å². The van der Waals surface area contributed by atoms with Crippen LogP contribution in [0.5, 0.6) is 0 Å². The predicted molar refractivity (Wildman–Crippen MR) is 122 cm³/mol. The molecule has 0 fully saturated rings.